The first kappa shape index (κ1) is 14.5. The van der Waals surface area contributed by atoms with Gasteiger partial charge >= 0.3 is 0 Å². The van der Waals surface area contributed by atoms with Gasteiger partial charge in [0.1, 0.15) is 5.82 Å². The molecule has 2 nitrogen and oxygen atoms in total. The second-order valence-electron chi connectivity index (χ2n) is 4.94. The van der Waals surface area contributed by atoms with E-state index in [1.165, 1.54) is 12.1 Å². The Morgan fingerprint density at radius 3 is 2.30 bits per heavy atom. The van der Waals surface area contributed by atoms with Crippen LogP contribution in [0.2, 0.25) is 5.02 Å². The molecule has 0 amide bonds. The highest BCUT2D eigenvalue weighted by molar-refractivity contribution is 6.31. The number of aryl methyl sites for hydroxylation is 3. The van der Waals surface area contributed by atoms with E-state index in [0.717, 1.165) is 5.56 Å². The van der Waals surface area contributed by atoms with Gasteiger partial charge in [-0.05, 0) is 61.7 Å². The molecule has 0 aromatic heterocycles. The van der Waals surface area contributed by atoms with E-state index < -0.39 is 5.82 Å². The molecule has 0 radical (unpaired) electrons. The molecule has 0 aliphatic heterocycles. The number of hydrogen-bond donors (Lipinski definition) is 1. The second kappa shape index (κ2) is 5.25. The molecule has 4 heteroatoms. The predicted octanol–water partition coefficient (Wildman–Crippen LogP) is 4.22. The van der Waals surface area contributed by atoms with Crippen LogP contribution in [0, 0.1) is 26.6 Å². The third kappa shape index (κ3) is 2.54. The Balaban J connectivity index is 2.60. The number of halogens is 2. The molecule has 2 rings (SSSR count). The first-order chi connectivity index (χ1) is 9.31. The average molecular weight is 292 g/mol. The lowest BCUT2D eigenvalue weighted by atomic mass is 9.95. The molecule has 0 unspecified atom stereocenters. The summed E-state index contributed by atoms with van der Waals surface area (Å²) < 4.78 is 14.1. The maximum atomic E-state index is 14.1. The van der Waals surface area contributed by atoms with Crippen LogP contribution in [0.5, 0.6) is 0 Å². The summed E-state index contributed by atoms with van der Waals surface area (Å²) in [6.07, 6.45) is 0. The molecule has 0 aliphatic rings. The summed E-state index contributed by atoms with van der Waals surface area (Å²) in [4.78, 5) is 12.5. The van der Waals surface area contributed by atoms with Crippen molar-refractivity contribution in [3.63, 3.8) is 0 Å². The van der Waals surface area contributed by atoms with Gasteiger partial charge in [-0.1, -0.05) is 11.6 Å². The Hall–Kier alpha value is -1.87. The lowest BCUT2D eigenvalue weighted by Crippen LogP contribution is -2.09. The molecule has 0 spiro atoms. The predicted molar refractivity (Wildman–Crippen MR) is 79.9 cm³/mol. The van der Waals surface area contributed by atoms with Gasteiger partial charge in [0.15, 0.2) is 5.78 Å². The summed E-state index contributed by atoms with van der Waals surface area (Å²) in [6.45, 7) is 5.16. The summed E-state index contributed by atoms with van der Waals surface area (Å²) in [6, 6.07) is 6.26. The first-order valence-electron chi connectivity index (χ1n) is 6.18. The molecule has 2 N–H and O–H groups in total. The zero-order chi connectivity index (χ0) is 15.0. The molecule has 0 bridgehead atoms. The SMILES string of the molecule is Cc1cc(C(=O)c2cc(N)cc(C)c2F)c(C)cc1Cl. The molecule has 0 saturated heterocycles. The first-order valence-corrected chi connectivity index (χ1v) is 6.56. The fourth-order valence-corrected chi connectivity index (χ4v) is 2.35. The van der Waals surface area contributed by atoms with Gasteiger partial charge in [-0.3, -0.25) is 4.79 Å². The Morgan fingerprint density at radius 1 is 1.00 bits per heavy atom. The number of benzene rings is 2. The van der Waals surface area contributed by atoms with Crippen molar-refractivity contribution in [2.75, 3.05) is 5.73 Å². The van der Waals surface area contributed by atoms with Crippen molar-refractivity contribution in [2.24, 2.45) is 0 Å². The third-order valence-electron chi connectivity index (χ3n) is 3.27. The average Bonchev–Trinajstić information content (AvgIpc) is 2.37. The van der Waals surface area contributed by atoms with Gasteiger partial charge in [0.25, 0.3) is 0 Å². The van der Waals surface area contributed by atoms with Crippen molar-refractivity contribution in [1.29, 1.82) is 0 Å². The number of ketones is 1. The normalized spacial score (nSPS) is 10.7. The van der Waals surface area contributed by atoms with Crippen molar-refractivity contribution in [2.45, 2.75) is 20.8 Å². The molecule has 2 aromatic carbocycles. The standard InChI is InChI=1S/C16H15ClFNO/c1-8-6-14(17)9(2)5-12(8)16(20)13-7-11(19)4-10(3)15(13)18/h4-7H,19H2,1-3H3. The van der Waals surface area contributed by atoms with Crippen molar-refractivity contribution >= 4 is 23.1 Å². The van der Waals surface area contributed by atoms with Crippen LogP contribution in [0.3, 0.4) is 0 Å². The molecule has 0 saturated carbocycles. The Labute approximate surface area is 122 Å². The Bertz CT molecular complexity index is 710. The lowest BCUT2D eigenvalue weighted by molar-refractivity contribution is 0.103. The minimum atomic E-state index is -0.531. The number of anilines is 1. The molecule has 0 fully saturated rings. The van der Waals surface area contributed by atoms with Crippen LogP contribution >= 0.6 is 11.6 Å². The largest absolute Gasteiger partial charge is 0.399 e. The van der Waals surface area contributed by atoms with Crippen molar-refractivity contribution in [3.05, 3.63) is 62.9 Å². The number of carbonyl (C=O) groups excluding carboxylic acids is 1. The van der Waals surface area contributed by atoms with Crippen LogP contribution in [-0.2, 0) is 0 Å². The van der Waals surface area contributed by atoms with Crippen LogP contribution in [0.25, 0.3) is 0 Å². The summed E-state index contributed by atoms with van der Waals surface area (Å²) in [5.41, 5.74) is 8.35. The highest BCUT2D eigenvalue weighted by Gasteiger charge is 2.19. The highest BCUT2D eigenvalue weighted by atomic mass is 35.5. The lowest BCUT2D eigenvalue weighted by Gasteiger charge is -2.10. The van der Waals surface area contributed by atoms with E-state index in [2.05, 4.69) is 0 Å². The maximum absolute atomic E-state index is 14.1. The molecular weight excluding hydrogens is 277 g/mol. The molecule has 0 heterocycles. The van der Waals surface area contributed by atoms with Crippen molar-refractivity contribution in [1.82, 2.24) is 0 Å². The van der Waals surface area contributed by atoms with E-state index in [9.17, 15) is 9.18 Å². The van der Waals surface area contributed by atoms with E-state index in [4.69, 9.17) is 17.3 Å². The van der Waals surface area contributed by atoms with Gasteiger partial charge < -0.3 is 5.73 Å². The minimum absolute atomic E-state index is 0.00711. The molecule has 0 aliphatic carbocycles. The zero-order valence-electron chi connectivity index (χ0n) is 11.6. The quantitative estimate of drug-likeness (QED) is 0.665. The van der Waals surface area contributed by atoms with E-state index in [0.29, 0.717) is 27.4 Å². The van der Waals surface area contributed by atoms with Crippen LogP contribution in [0.1, 0.15) is 32.6 Å². The summed E-state index contributed by atoms with van der Waals surface area (Å²) in [5.74, 6) is -0.911. The van der Waals surface area contributed by atoms with Crippen molar-refractivity contribution in [3.8, 4) is 0 Å². The maximum Gasteiger partial charge on any atom is 0.196 e. The summed E-state index contributed by atoms with van der Waals surface area (Å²) in [5, 5.41) is 0.586. The van der Waals surface area contributed by atoms with Crippen LogP contribution in [0.4, 0.5) is 10.1 Å². The van der Waals surface area contributed by atoms with Gasteiger partial charge in [-0.25, -0.2) is 4.39 Å². The summed E-state index contributed by atoms with van der Waals surface area (Å²) in [7, 11) is 0. The van der Waals surface area contributed by atoms with E-state index in [1.54, 1.807) is 32.9 Å². The van der Waals surface area contributed by atoms with E-state index in [1.807, 2.05) is 0 Å². The van der Waals surface area contributed by atoms with Crippen molar-refractivity contribution < 1.29 is 9.18 Å². The zero-order valence-corrected chi connectivity index (χ0v) is 12.3. The Morgan fingerprint density at radius 2 is 1.65 bits per heavy atom. The summed E-state index contributed by atoms with van der Waals surface area (Å²) >= 11 is 6.01. The number of carbonyl (C=O) groups is 1. The topological polar surface area (TPSA) is 43.1 Å². The molecule has 20 heavy (non-hydrogen) atoms. The molecule has 0 atom stereocenters. The minimum Gasteiger partial charge on any atom is -0.399 e. The van der Waals surface area contributed by atoms with Gasteiger partial charge in [-0.15, -0.1) is 0 Å². The fraction of sp³-hybridized carbons (Fsp3) is 0.188. The van der Waals surface area contributed by atoms with Crippen LogP contribution in [-0.4, -0.2) is 5.78 Å². The van der Waals surface area contributed by atoms with E-state index in [-0.39, 0.29) is 11.3 Å². The highest BCUT2D eigenvalue weighted by Crippen LogP contribution is 2.25. The number of rotatable bonds is 2. The van der Waals surface area contributed by atoms with Gasteiger partial charge in [-0.2, -0.15) is 0 Å². The monoisotopic (exact) mass is 291 g/mol. The molecule has 2 aromatic rings. The number of nitrogens with two attached hydrogens (primary N) is 1. The Kier molecular flexibility index (Phi) is 3.82. The van der Waals surface area contributed by atoms with Gasteiger partial charge in [0.05, 0.1) is 5.56 Å². The van der Waals surface area contributed by atoms with Gasteiger partial charge in [0.2, 0.25) is 0 Å². The van der Waals surface area contributed by atoms with Crippen LogP contribution in [0.15, 0.2) is 24.3 Å². The number of nitrogen functional groups attached to an aromatic ring is 1. The molecular formula is C16H15ClFNO. The number of hydrogen-bond acceptors (Lipinski definition) is 2. The van der Waals surface area contributed by atoms with Gasteiger partial charge in [0, 0.05) is 16.3 Å². The smallest absolute Gasteiger partial charge is 0.196 e. The third-order valence-corrected chi connectivity index (χ3v) is 3.68. The fourth-order valence-electron chi connectivity index (χ4n) is 2.13. The van der Waals surface area contributed by atoms with Crippen LogP contribution < -0.4 is 5.73 Å². The second-order valence-corrected chi connectivity index (χ2v) is 5.35. The molecule has 104 valence electrons. The van der Waals surface area contributed by atoms with E-state index >= 15 is 0 Å².